The van der Waals surface area contributed by atoms with Crippen molar-refractivity contribution in [1.82, 2.24) is 0 Å². The van der Waals surface area contributed by atoms with Crippen molar-refractivity contribution in [3.05, 3.63) is 53.6 Å². The number of benzene rings is 2. The minimum absolute atomic E-state index is 0.0334. The molecule has 0 saturated heterocycles. The smallest absolute Gasteiger partial charge is 0.422 e. The summed E-state index contributed by atoms with van der Waals surface area (Å²) in [4.78, 5) is 11.0. The van der Waals surface area contributed by atoms with E-state index in [9.17, 15) is 18.0 Å². The van der Waals surface area contributed by atoms with E-state index in [-0.39, 0.29) is 11.3 Å². The van der Waals surface area contributed by atoms with Crippen LogP contribution in [0.1, 0.15) is 15.9 Å². The summed E-state index contributed by atoms with van der Waals surface area (Å²) in [5.74, 6) is -0.121. The average molecular weight is 305 g/mol. The Labute approximate surface area is 124 Å². The first kappa shape index (κ1) is 15.6. The van der Waals surface area contributed by atoms with Gasteiger partial charge in [-0.15, -0.1) is 0 Å². The summed E-state index contributed by atoms with van der Waals surface area (Å²) >= 11 is 0. The standard InChI is InChI=1S/C16H10F3NO2/c17-16(18,19)10-22-15-6-5-13(7-14(15)9-21)12-3-1-11(8-20)2-4-12/h1-7,9H,10H2. The van der Waals surface area contributed by atoms with Gasteiger partial charge in [0.05, 0.1) is 17.2 Å². The zero-order valence-corrected chi connectivity index (χ0v) is 11.2. The van der Waals surface area contributed by atoms with Crippen LogP contribution in [0.25, 0.3) is 11.1 Å². The molecule has 0 saturated carbocycles. The van der Waals surface area contributed by atoms with Gasteiger partial charge in [-0.1, -0.05) is 18.2 Å². The van der Waals surface area contributed by atoms with Crippen LogP contribution >= 0.6 is 0 Å². The fraction of sp³-hybridized carbons (Fsp3) is 0.125. The van der Waals surface area contributed by atoms with Crippen molar-refractivity contribution in [3.63, 3.8) is 0 Å². The van der Waals surface area contributed by atoms with E-state index in [2.05, 4.69) is 4.74 Å². The topological polar surface area (TPSA) is 50.1 Å². The number of aldehydes is 1. The Kier molecular flexibility index (Phi) is 4.47. The van der Waals surface area contributed by atoms with Gasteiger partial charge in [0.1, 0.15) is 5.75 Å². The summed E-state index contributed by atoms with van der Waals surface area (Å²) in [5, 5.41) is 8.74. The summed E-state index contributed by atoms with van der Waals surface area (Å²) < 4.78 is 41.1. The number of hydrogen-bond donors (Lipinski definition) is 0. The fourth-order valence-electron chi connectivity index (χ4n) is 1.85. The van der Waals surface area contributed by atoms with Crippen LogP contribution in [0.15, 0.2) is 42.5 Å². The number of halogens is 3. The second-order valence-corrected chi connectivity index (χ2v) is 4.46. The fourth-order valence-corrected chi connectivity index (χ4v) is 1.85. The number of alkyl halides is 3. The first-order valence-corrected chi connectivity index (χ1v) is 6.22. The summed E-state index contributed by atoms with van der Waals surface area (Å²) in [6.07, 6.45) is -4.02. The van der Waals surface area contributed by atoms with Gasteiger partial charge in [-0.25, -0.2) is 0 Å². The van der Waals surface area contributed by atoms with Crippen molar-refractivity contribution in [2.75, 3.05) is 6.61 Å². The predicted molar refractivity (Wildman–Crippen MR) is 73.5 cm³/mol. The Bertz CT molecular complexity index is 716. The molecular formula is C16H10F3NO2. The zero-order chi connectivity index (χ0) is 16.2. The van der Waals surface area contributed by atoms with Gasteiger partial charge in [0.15, 0.2) is 12.9 Å². The van der Waals surface area contributed by atoms with E-state index in [0.717, 1.165) is 5.56 Å². The van der Waals surface area contributed by atoms with Crippen molar-refractivity contribution in [1.29, 1.82) is 5.26 Å². The molecule has 0 spiro atoms. The van der Waals surface area contributed by atoms with Gasteiger partial charge < -0.3 is 4.74 Å². The van der Waals surface area contributed by atoms with Crippen molar-refractivity contribution in [2.45, 2.75) is 6.18 Å². The van der Waals surface area contributed by atoms with E-state index in [1.54, 1.807) is 30.3 Å². The maximum atomic E-state index is 12.2. The molecule has 112 valence electrons. The lowest BCUT2D eigenvalue weighted by atomic mass is 10.0. The lowest BCUT2D eigenvalue weighted by Gasteiger charge is -2.12. The van der Waals surface area contributed by atoms with Crippen molar-refractivity contribution in [2.24, 2.45) is 0 Å². The molecule has 2 aromatic rings. The number of carbonyl (C=O) groups excluding carboxylic acids is 1. The molecule has 0 bridgehead atoms. The van der Waals surface area contributed by atoms with Gasteiger partial charge in [0.25, 0.3) is 0 Å². The molecule has 0 aromatic heterocycles. The highest BCUT2D eigenvalue weighted by Crippen LogP contribution is 2.27. The second-order valence-electron chi connectivity index (χ2n) is 4.46. The van der Waals surface area contributed by atoms with Gasteiger partial charge in [-0.3, -0.25) is 4.79 Å². The minimum Gasteiger partial charge on any atom is -0.483 e. The molecule has 0 aliphatic carbocycles. The van der Waals surface area contributed by atoms with Gasteiger partial charge in [0, 0.05) is 0 Å². The maximum Gasteiger partial charge on any atom is 0.422 e. The number of ether oxygens (including phenoxy) is 1. The molecule has 0 aliphatic heterocycles. The Morgan fingerprint density at radius 3 is 2.27 bits per heavy atom. The number of nitriles is 1. The first-order chi connectivity index (χ1) is 10.4. The highest BCUT2D eigenvalue weighted by Gasteiger charge is 2.28. The predicted octanol–water partition coefficient (Wildman–Crippen LogP) is 3.98. The highest BCUT2D eigenvalue weighted by molar-refractivity contribution is 5.83. The van der Waals surface area contributed by atoms with Gasteiger partial charge in [-0.2, -0.15) is 18.4 Å². The Hall–Kier alpha value is -2.81. The lowest BCUT2D eigenvalue weighted by Crippen LogP contribution is -2.19. The van der Waals surface area contributed by atoms with Crippen LogP contribution in [0, 0.1) is 11.3 Å². The summed E-state index contributed by atoms with van der Waals surface area (Å²) in [6, 6.07) is 12.9. The average Bonchev–Trinajstić information content (AvgIpc) is 2.52. The summed E-state index contributed by atoms with van der Waals surface area (Å²) in [6.45, 7) is -1.45. The van der Waals surface area contributed by atoms with Crippen molar-refractivity contribution in [3.8, 4) is 22.9 Å². The molecule has 2 rings (SSSR count). The number of hydrogen-bond acceptors (Lipinski definition) is 3. The normalized spacial score (nSPS) is 10.8. The molecule has 0 N–H and O–H groups in total. The van der Waals surface area contributed by atoms with E-state index < -0.39 is 12.8 Å². The van der Waals surface area contributed by atoms with E-state index in [1.165, 1.54) is 12.1 Å². The van der Waals surface area contributed by atoms with Crippen LogP contribution in [-0.2, 0) is 0 Å². The molecule has 0 radical (unpaired) electrons. The number of nitrogens with zero attached hydrogens (tertiary/aromatic N) is 1. The third-order valence-corrected chi connectivity index (χ3v) is 2.88. The molecule has 3 nitrogen and oxygen atoms in total. The van der Waals surface area contributed by atoms with Gasteiger partial charge >= 0.3 is 6.18 Å². The molecule has 0 aliphatic rings. The third kappa shape index (κ3) is 3.85. The molecule has 6 heteroatoms. The first-order valence-electron chi connectivity index (χ1n) is 6.22. The number of rotatable bonds is 4. The molecule has 0 atom stereocenters. The second kappa shape index (κ2) is 6.31. The van der Waals surface area contributed by atoms with Crippen molar-refractivity contribution < 1.29 is 22.7 Å². The van der Waals surface area contributed by atoms with E-state index in [4.69, 9.17) is 5.26 Å². The van der Waals surface area contributed by atoms with E-state index in [1.807, 2.05) is 6.07 Å². The molecule has 0 fully saturated rings. The Balaban J connectivity index is 2.28. The maximum absolute atomic E-state index is 12.2. The summed E-state index contributed by atoms with van der Waals surface area (Å²) in [5.41, 5.74) is 1.91. The Morgan fingerprint density at radius 2 is 1.73 bits per heavy atom. The largest absolute Gasteiger partial charge is 0.483 e. The summed E-state index contributed by atoms with van der Waals surface area (Å²) in [7, 11) is 0. The van der Waals surface area contributed by atoms with Crippen LogP contribution in [0.3, 0.4) is 0 Å². The minimum atomic E-state index is -4.47. The van der Waals surface area contributed by atoms with Crippen LogP contribution < -0.4 is 4.74 Å². The van der Waals surface area contributed by atoms with Crippen LogP contribution in [-0.4, -0.2) is 19.1 Å². The van der Waals surface area contributed by atoms with E-state index in [0.29, 0.717) is 17.4 Å². The molecule has 0 heterocycles. The zero-order valence-electron chi connectivity index (χ0n) is 11.2. The lowest BCUT2D eigenvalue weighted by molar-refractivity contribution is -0.153. The van der Waals surface area contributed by atoms with Gasteiger partial charge in [0.2, 0.25) is 0 Å². The molecular weight excluding hydrogens is 295 g/mol. The SMILES string of the molecule is N#Cc1ccc(-c2ccc(OCC(F)(F)F)c(C=O)c2)cc1. The Morgan fingerprint density at radius 1 is 1.09 bits per heavy atom. The molecule has 0 unspecified atom stereocenters. The molecule has 0 amide bonds. The van der Waals surface area contributed by atoms with Crippen LogP contribution in [0.2, 0.25) is 0 Å². The molecule has 22 heavy (non-hydrogen) atoms. The third-order valence-electron chi connectivity index (χ3n) is 2.88. The highest BCUT2D eigenvalue weighted by atomic mass is 19.4. The quantitative estimate of drug-likeness (QED) is 0.803. The van der Waals surface area contributed by atoms with Crippen LogP contribution in [0.4, 0.5) is 13.2 Å². The number of carbonyl (C=O) groups is 1. The molecule has 2 aromatic carbocycles. The van der Waals surface area contributed by atoms with Crippen molar-refractivity contribution >= 4 is 6.29 Å². The van der Waals surface area contributed by atoms with Gasteiger partial charge in [-0.05, 0) is 35.4 Å². The monoisotopic (exact) mass is 305 g/mol. The van der Waals surface area contributed by atoms with E-state index >= 15 is 0 Å². The van der Waals surface area contributed by atoms with Crippen LogP contribution in [0.5, 0.6) is 5.75 Å².